The number of amides is 1. The van der Waals surface area contributed by atoms with Crippen LogP contribution in [0.15, 0.2) is 29.4 Å². The van der Waals surface area contributed by atoms with Gasteiger partial charge in [0.15, 0.2) is 5.65 Å². The number of thioether (sulfide) groups is 1. The average Bonchev–Trinajstić information content (AvgIpc) is 3.42. The van der Waals surface area contributed by atoms with Crippen molar-refractivity contribution in [2.45, 2.75) is 37.9 Å². The van der Waals surface area contributed by atoms with Crippen LogP contribution in [-0.2, 0) is 24.2 Å². The normalized spacial score (nSPS) is 12.9. The van der Waals surface area contributed by atoms with Gasteiger partial charge < -0.3 is 9.88 Å². The maximum Gasteiger partial charge on any atom is 0.235 e. The van der Waals surface area contributed by atoms with Crippen LogP contribution in [0.2, 0.25) is 0 Å². The van der Waals surface area contributed by atoms with E-state index in [-0.39, 0.29) is 11.7 Å². The molecule has 0 bridgehead atoms. The Bertz CT molecular complexity index is 1330. The van der Waals surface area contributed by atoms with Crippen LogP contribution in [0.1, 0.15) is 29.3 Å². The molecule has 3 aromatic heterocycles. The molecule has 0 saturated heterocycles. The van der Waals surface area contributed by atoms with Crippen LogP contribution >= 0.6 is 23.1 Å². The highest BCUT2D eigenvalue weighted by atomic mass is 32.2. The Morgan fingerprint density at radius 1 is 1.33 bits per heavy atom. The number of aromatic nitrogens is 4. The number of hydrogen-bond acceptors (Lipinski definition) is 7. The molecule has 1 aromatic carbocycles. The molecule has 3 heterocycles. The highest BCUT2D eigenvalue weighted by molar-refractivity contribution is 7.99. The Morgan fingerprint density at radius 2 is 2.20 bits per heavy atom. The lowest BCUT2D eigenvalue weighted by Gasteiger charge is -2.04. The number of nitriles is 1. The molecule has 9 heteroatoms. The topological polar surface area (TPSA) is 96.5 Å². The fraction of sp³-hybridized carbons (Fsp3) is 0.286. The van der Waals surface area contributed by atoms with E-state index in [9.17, 15) is 10.1 Å². The predicted molar refractivity (Wildman–Crippen MR) is 119 cm³/mol. The number of hydrogen-bond donors (Lipinski definition) is 1. The van der Waals surface area contributed by atoms with Gasteiger partial charge in [-0.15, -0.1) is 21.5 Å². The number of thiophene rings is 1. The predicted octanol–water partition coefficient (Wildman–Crippen LogP) is 4.15. The number of carbonyl (C=O) groups excluding carboxylic acids is 1. The summed E-state index contributed by atoms with van der Waals surface area (Å²) < 4.78 is 2.11. The third kappa shape index (κ3) is 3.13. The van der Waals surface area contributed by atoms with Crippen molar-refractivity contribution in [2.75, 3.05) is 11.1 Å². The van der Waals surface area contributed by atoms with Crippen molar-refractivity contribution >= 4 is 56.1 Å². The van der Waals surface area contributed by atoms with Gasteiger partial charge in [-0.25, -0.2) is 4.98 Å². The van der Waals surface area contributed by atoms with Gasteiger partial charge in [0, 0.05) is 16.8 Å². The molecule has 0 unspecified atom stereocenters. The summed E-state index contributed by atoms with van der Waals surface area (Å²) in [6, 6.07) is 10.3. The van der Waals surface area contributed by atoms with E-state index in [1.165, 1.54) is 28.0 Å². The lowest BCUT2D eigenvalue weighted by atomic mass is 10.1. The largest absolute Gasteiger partial charge is 0.324 e. The van der Waals surface area contributed by atoms with Crippen LogP contribution in [0.3, 0.4) is 0 Å². The van der Waals surface area contributed by atoms with Crippen LogP contribution in [-0.4, -0.2) is 31.4 Å². The van der Waals surface area contributed by atoms with Crippen LogP contribution in [0, 0.1) is 11.3 Å². The van der Waals surface area contributed by atoms with Crippen molar-refractivity contribution in [3.63, 3.8) is 0 Å². The first-order chi connectivity index (χ1) is 14.7. The van der Waals surface area contributed by atoms with Gasteiger partial charge in [0.2, 0.25) is 11.1 Å². The van der Waals surface area contributed by atoms with Crippen molar-refractivity contribution in [1.82, 2.24) is 19.7 Å². The van der Waals surface area contributed by atoms with Crippen LogP contribution < -0.4 is 5.32 Å². The third-order valence-corrected chi connectivity index (χ3v) is 7.33. The second-order valence-electron chi connectivity index (χ2n) is 7.04. The molecule has 1 aliphatic rings. The molecule has 0 radical (unpaired) electrons. The summed E-state index contributed by atoms with van der Waals surface area (Å²) in [5.74, 6) is -0.0105. The van der Waals surface area contributed by atoms with E-state index in [2.05, 4.69) is 38.1 Å². The second-order valence-corrected chi connectivity index (χ2v) is 9.09. The molecule has 0 atom stereocenters. The zero-order valence-corrected chi connectivity index (χ0v) is 17.9. The molecule has 0 fully saturated rings. The number of aryl methyl sites for hydroxylation is 2. The lowest BCUT2D eigenvalue weighted by molar-refractivity contribution is -0.113. The molecule has 0 spiro atoms. The zero-order valence-electron chi connectivity index (χ0n) is 16.3. The first-order valence-corrected chi connectivity index (χ1v) is 11.6. The van der Waals surface area contributed by atoms with Crippen molar-refractivity contribution in [3.8, 4) is 6.07 Å². The smallest absolute Gasteiger partial charge is 0.235 e. The van der Waals surface area contributed by atoms with E-state index in [0.29, 0.717) is 15.7 Å². The molecule has 150 valence electrons. The number of fused-ring (bicyclic) bond motifs is 4. The minimum absolute atomic E-state index is 0.160. The van der Waals surface area contributed by atoms with Crippen molar-refractivity contribution < 1.29 is 4.79 Å². The van der Waals surface area contributed by atoms with Crippen molar-refractivity contribution in [3.05, 3.63) is 40.3 Å². The van der Waals surface area contributed by atoms with Crippen LogP contribution in [0.25, 0.3) is 22.1 Å². The molecule has 0 saturated carbocycles. The summed E-state index contributed by atoms with van der Waals surface area (Å²) in [5, 5.41) is 23.1. The van der Waals surface area contributed by atoms with Gasteiger partial charge in [-0.05, 0) is 37.8 Å². The summed E-state index contributed by atoms with van der Waals surface area (Å²) in [7, 11) is 0. The molecule has 0 aliphatic heterocycles. The van der Waals surface area contributed by atoms with Crippen molar-refractivity contribution in [1.29, 1.82) is 5.26 Å². The number of nitrogens with zero attached hydrogens (tertiary/aromatic N) is 5. The highest BCUT2D eigenvalue weighted by Gasteiger charge is 2.23. The molecular formula is C21H18N6OS2. The van der Waals surface area contributed by atoms with Crippen molar-refractivity contribution in [2.24, 2.45) is 0 Å². The number of anilines is 1. The SMILES string of the molecule is CCn1c2ccccc2c2nnc(SCC(=O)Nc3sc4c(c3C#N)CCC4)nc21. The number of carbonyl (C=O) groups is 1. The highest BCUT2D eigenvalue weighted by Crippen LogP contribution is 2.38. The molecule has 4 aromatic rings. The number of nitrogens with one attached hydrogen (secondary N) is 1. The minimum Gasteiger partial charge on any atom is -0.324 e. The van der Waals surface area contributed by atoms with Gasteiger partial charge in [-0.3, -0.25) is 4.79 Å². The molecule has 1 aliphatic carbocycles. The van der Waals surface area contributed by atoms with Gasteiger partial charge in [0.1, 0.15) is 16.6 Å². The van der Waals surface area contributed by atoms with Gasteiger partial charge in [-0.1, -0.05) is 30.0 Å². The van der Waals surface area contributed by atoms with E-state index in [1.54, 1.807) is 0 Å². The molecule has 1 N–H and O–H groups in total. The van der Waals surface area contributed by atoms with Gasteiger partial charge in [0.05, 0.1) is 16.8 Å². The monoisotopic (exact) mass is 434 g/mol. The van der Waals surface area contributed by atoms with Crippen LogP contribution in [0.5, 0.6) is 0 Å². The maximum atomic E-state index is 12.5. The summed E-state index contributed by atoms with van der Waals surface area (Å²) in [5.41, 5.74) is 4.35. The molecule has 1 amide bonds. The Labute approximate surface area is 181 Å². The fourth-order valence-corrected chi connectivity index (χ4v) is 5.81. The molecule has 7 nitrogen and oxygen atoms in total. The lowest BCUT2D eigenvalue weighted by Crippen LogP contribution is -2.14. The fourth-order valence-electron chi connectivity index (χ4n) is 3.97. The van der Waals surface area contributed by atoms with Gasteiger partial charge >= 0.3 is 0 Å². The summed E-state index contributed by atoms with van der Waals surface area (Å²) in [4.78, 5) is 18.4. The molecule has 30 heavy (non-hydrogen) atoms. The Balaban J connectivity index is 1.35. The number of benzene rings is 1. The van der Waals surface area contributed by atoms with E-state index >= 15 is 0 Å². The number of rotatable bonds is 5. The summed E-state index contributed by atoms with van der Waals surface area (Å²) >= 11 is 2.77. The van der Waals surface area contributed by atoms with E-state index in [1.807, 2.05) is 24.3 Å². The maximum absolute atomic E-state index is 12.5. The van der Waals surface area contributed by atoms with E-state index < -0.39 is 0 Å². The van der Waals surface area contributed by atoms with Crippen LogP contribution in [0.4, 0.5) is 5.00 Å². The average molecular weight is 435 g/mol. The first kappa shape index (κ1) is 19.0. The molecular weight excluding hydrogens is 416 g/mol. The van der Waals surface area contributed by atoms with Gasteiger partial charge in [0.25, 0.3) is 0 Å². The third-order valence-electron chi connectivity index (χ3n) is 5.29. The minimum atomic E-state index is -0.170. The zero-order chi connectivity index (χ0) is 20.7. The molecule has 5 rings (SSSR count). The quantitative estimate of drug-likeness (QED) is 0.474. The Kier molecular flexibility index (Phi) is 4.89. The van der Waals surface area contributed by atoms with E-state index in [4.69, 9.17) is 0 Å². The standard InChI is InChI=1S/C21H18N6OS2/c1-2-27-15-8-4-3-6-13(15)18-19(27)24-21(26-25-18)29-11-17(28)23-20-14(10-22)12-7-5-9-16(12)30-20/h3-4,6,8H,2,5,7,9,11H2,1H3,(H,23,28). The summed E-state index contributed by atoms with van der Waals surface area (Å²) in [6.07, 6.45) is 3.00. The van der Waals surface area contributed by atoms with Gasteiger partial charge in [-0.2, -0.15) is 5.26 Å². The summed E-state index contributed by atoms with van der Waals surface area (Å²) in [6.45, 7) is 2.84. The number of para-hydroxylation sites is 1. The second kappa shape index (κ2) is 7.70. The first-order valence-electron chi connectivity index (χ1n) is 9.78. The Morgan fingerprint density at radius 3 is 3.03 bits per heavy atom. The Hall–Kier alpha value is -2.96. The van der Waals surface area contributed by atoms with E-state index in [0.717, 1.165) is 53.4 Å².